The average Bonchev–Trinajstić information content (AvgIpc) is 2.39. The second kappa shape index (κ2) is 7.67. The van der Waals surface area contributed by atoms with Crippen LogP contribution >= 0.6 is 28.3 Å². The van der Waals surface area contributed by atoms with Crippen LogP contribution in [0.3, 0.4) is 0 Å². The van der Waals surface area contributed by atoms with E-state index in [4.69, 9.17) is 10.5 Å². The van der Waals surface area contributed by atoms with Gasteiger partial charge in [-0.05, 0) is 37.0 Å². The van der Waals surface area contributed by atoms with Crippen LogP contribution in [-0.2, 0) is 4.74 Å². The first-order valence-electron chi connectivity index (χ1n) is 6.25. The molecule has 21 heavy (non-hydrogen) atoms. The molecule has 0 saturated carbocycles. The summed E-state index contributed by atoms with van der Waals surface area (Å²) in [6.07, 6.45) is -3.25. The number of hydrogen-bond acceptors (Lipinski definition) is 3. The largest absolute Gasteiger partial charge is 0.573 e. The number of rotatable bonds is 3. The van der Waals surface area contributed by atoms with Gasteiger partial charge in [-0.15, -0.1) is 25.6 Å². The second-order valence-corrected chi connectivity index (χ2v) is 5.62. The zero-order valence-corrected chi connectivity index (χ0v) is 13.4. The molecule has 0 spiro atoms. The third-order valence-corrected chi connectivity index (χ3v) is 3.82. The number of hydrogen-bond donors (Lipinski definition) is 1. The van der Waals surface area contributed by atoms with Gasteiger partial charge >= 0.3 is 6.36 Å². The lowest BCUT2D eigenvalue weighted by Crippen LogP contribution is -2.28. The SMILES string of the molecule is Cl.N[C@H](c1cc(Br)ccc1OC(F)(F)F)C1CCOCC1. The summed E-state index contributed by atoms with van der Waals surface area (Å²) in [4.78, 5) is 0. The lowest BCUT2D eigenvalue weighted by Gasteiger charge is -2.29. The highest BCUT2D eigenvalue weighted by atomic mass is 79.9. The van der Waals surface area contributed by atoms with Crippen molar-refractivity contribution < 1.29 is 22.6 Å². The van der Waals surface area contributed by atoms with Gasteiger partial charge in [0, 0.05) is 29.3 Å². The minimum absolute atomic E-state index is 0. The molecule has 1 aliphatic rings. The Bertz CT molecular complexity index is 467. The summed E-state index contributed by atoms with van der Waals surface area (Å²) in [6, 6.07) is 3.86. The van der Waals surface area contributed by atoms with Crippen molar-refractivity contribution in [1.82, 2.24) is 0 Å². The molecule has 1 atom stereocenters. The Morgan fingerprint density at radius 2 is 1.90 bits per heavy atom. The summed E-state index contributed by atoms with van der Waals surface area (Å²) in [5.41, 5.74) is 6.50. The molecule has 0 unspecified atom stereocenters. The van der Waals surface area contributed by atoms with Crippen LogP contribution in [-0.4, -0.2) is 19.6 Å². The molecule has 3 nitrogen and oxygen atoms in total. The van der Waals surface area contributed by atoms with Gasteiger partial charge in [0.05, 0.1) is 0 Å². The summed E-state index contributed by atoms with van der Waals surface area (Å²) in [5, 5.41) is 0. The first-order chi connectivity index (χ1) is 9.37. The molecular weight excluding hydrogens is 374 g/mol. The molecule has 0 aromatic heterocycles. The monoisotopic (exact) mass is 389 g/mol. The highest BCUT2D eigenvalue weighted by Crippen LogP contribution is 2.37. The van der Waals surface area contributed by atoms with E-state index in [1.54, 1.807) is 6.07 Å². The van der Waals surface area contributed by atoms with Gasteiger partial charge in [0.1, 0.15) is 5.75 Å². The topological polar surface area (TPSA) is 44.5 Å². The fraction of sp³-hybridized carbons (Fsp3) is 0.538. The Balaban J connectivity index is 0.00000220. The van der Waals surface area contributed by atoms with Gasteiger partial charge in [0.25, 0.3) is 0 Å². The molecule has 1 aromatic rings. The van der Waals surface area contributed by atoms with E-state index in [1.807, 2.05) is 0 Å². The fourth-order valence-corrected chi connectivity index (χ4v) is 2.71. The number of benzene rings is 1. The van der Waals surface area contributed by atoms with Crippen LogP contribution in [0.5, 0.6) is 5.75 Å². The molecular formula is C13H16BrClF3NO2. The van der Waals surface area contributed by atoms with Crippen molar-refractivity contribution in [2.75, 3.05) is 13.2 Å². The molecule has 120 valence electrons. The standard InChI is InChI=1S/C13H15BrF3NO2.ClH/c14-9-1-2-11(20-13(15,16)17)10(7-9)12(18)8-3-5-19-6-4-8;/h1-2,7-8,12H,3-6,18H2;1H/t12-;/m0./s1. The highest BCUT2D eigenvalue weighted by Gasteiger charge is 2.34. The maximum absolute atomic E-state index is 12.4. The van der Waals surface area contributed by atoms with Crippen molar-refractivity contribution in [3.63, 3.8) is 0 Å². The van der Waals surface area contributed by atoms with E-state index in [0.29, 0.717) is 23.2 Å². The Hall–Kier alpha value is -0.500. The summed E-state index contributed by atoms with van der Waals surface area (Å²) >= 11 is 3.25. The Labute approximate surface area is 135 Å². The quantitative estimate of drug-likeness (QED) is 0.841. The van der Waals surface area contributed by atoms with Crippen LogP contribution in [0.2, 0.25) is 0 Å². The van der Waals surface area contributed by atoms with Crippen LogP contribution in [0.1, 0.15) is 24.4 Å². The van der Waals surface area contributed by atoms with E-state index in [2.05, 4.69) is 20.7 Å². The molecule has 0 aliphatic carbocycles. The Kier molecular flexibility index (Phi) is 6.77. The minimum Gasteiger partial charge on any atom is -0.405 e. The van der Waals surface area contributed by atoms with Gasteiger partial charge < -0.3 is 15.2 Å². The third-order valence-electron chi connectivity index (χ3n) is 3.33. The normalized spacial score (nSPS) is 18.0. The molecule has 0 radical (unpaired) electrons. The first-order valence-corrected chi connectivity index (χ1v) is 7.04. The Morgan fingerprint density at radius 1 is 1.29 bits per heavy atom. The zero-order valence-electron chi connectivity index (χ0n) is 11.0. The van der Waals surface area contributed by atoms with E-state index < -0.39 is 12.4 Å². The first kappa shape index (κ1) is 18.5. The van der Waals surface area contributed by atoms with Crippen molar-refractivity contribution in [1.29, 1.82) is 0 Å². The molecule has 2 rings (SSSR count). The Morgan fingerprint density at radius 3 is 2.48 bits per heavy atom. The van der Waals surface area contributed by atoms with Crippen molar-refractivity contribution >= 4 is 28.3 Å². The number of halogens is 5. The van der Waals surface area contributed by atoms with Gasteiger partial charge in [-0.2, -0.15) is 0 Å². The van der Waals surface area contributed by atoms with E-state index in [0.717, 1.165) is 12.8 Å². The summed E-state index contributed by atoms with van der Waals surface area (Å²) in [7, 11) is 0. The van der Waals surface area contributed by atoms with E-state index >= 15 is 0 Å². The minimum atomic E-state index is -4.72. The van der Waals surface area contributed by atoms with Crippen LogP contribution in [0.4, 0.5) is 13.2 Å². The molecule has 1 heterocycles. The number of nitrogens with two attached hydrogens (primary N) is 1. The molecule has 2 N–H and O–H groups in total. The lowest BCUT2D eigenvalue weighted by atomic mass is 9.87. The molecule has 1 saturated heterocycles. The van der Waals surface area contributed by atoms with Crippen LogP contribution < -0.4 is 10.5 Å². The predicted octanol–water partition coefficient (Wildman–Crippen LogP) is 4.20. The van der Waals surface area contributed by atoms with Gasteiger partial charge in [0.15, 0.2) is 0 Å². The van der Waals surface area contributed by atoms with Gasteiger partial charge in [0.2, 0.25) is 0 Å². The van der Waals surface area contributed by atoms with Crippen molar-refractivity contribution in [3.05, 3.63) is 28.2 Å². The summed E-state index contributed by atoms with van der Waals surface area (Å²) in [6.45, 7) is 1.17. The lowest BCUT2D eigenvalue weighted by molar-refractivity contribution is -0.275. The van der Waals surface area contributed by atoms with Crippen molar-refractivity contribution in [3.8, 4) is 5.75 Å². The van der Waals surface area contributed by atoms with Crippen LogP contribution in [0.25, 0.3) is 0 Å². The van der Waals surface area contributed by atoms with Gasteiger partial charge in [-0.25, -0.2) is 0 Å². The molecule has 0 amide bonds. The van der Waals surface area contributed by atoms with Crippen molar-refractivity contribution in [2.24, 2.45) is 11.7 Å². The molecule has 1 fully saturated rings. The van der Waals surface area contributed by atoms with Gasteiger partial charge in [-0.3, -0.25) is 0 Å². The third kappa shape index (κ3) is 5.32. The second-order valence-electron chi connectivity index (χ2n) is 4.71. The van der Waals surface area contributed by atoms with Crippen molar-refractivity contribution in [2.45, 2.75) is 25.2 Å². The van der Waals surface area contributed by atoms with E-state index in [-0.39, 0.29) is 24.1 Å². The highest BCUT2D eigenvalue weighted by molar-refractivity contribution is 9.10. The molecule has 1 aromatic carbocycles. The maximum Gasteiger partial charge on any atom is 0.573 e. The molecule has 8 heteroatoms. The summed E-state index contributed by atoms with van der Waals surface area (Å²) in [5.74, 6) is -0.145. The van der Waals surface area contributed by atoms with Gasteiger partial charge in [-0.1, -0.05) is 15.9 Å². The van der Waals surface area contributed by atoms with E-state index in [1.165, 1.54) is 12.1 Å². The smallest absolute Gasteiger partial charge is 0.405 e. The average molecular weight is 391 g/mol. The molecule has 0 bridgehead atoms. The van der Waals surface area contributed by atoms with E-state index in [9.17, 15) is 13.2 Å². The fourth-order valence-electron chi connectivity index (χ4n) is 2.33. The predicted molar refractivity (Wildman–Crippen MR) is 78.5 cm³/mol. The van der Waals surface area contributed by atoms with Crippen LogP contribution in [0.15, 0.2) is 22.7 Å². The number of ether oxygens (including phenoxy) is 2. The zero-order chi connectivity index (χ0) is 14.8. The molecule has 1 aliphatic heterocycles. The maximum atomic E-state index is 12.4. The van der Waals surface area contributed by atoms with Crippen LogP contribution in [0, 0.1) is 5.92 Å². The summed E-state index contributed by atoms with van der Waals surface area (Å²) < 4.78 is 47.3. The number of alkyl halides is 3.